The molecule has 17 heavy (non-hydrogen) atoms. The number of nitro groups is 1. The molecule has 1 heterocycles. The van der Waals surface area contributed by atoms with E-state index in [9.17, 15) is 10.1 Å². The fourth-order valence-corrected chi connectivity index (χ4v) is 1.89. The summed E-state index contributed by atoms with van der Waals surface area (Å²) in [7, 11) is 0. The molecule has 0 radical (unpaired) electrons. The maximum Gasteiger partial charge on any atom is 0.312 e. The Balaban J connectivity index is 2.67. The quantitative estimate of drug-likeness (QED) is 0.643. The average molecular weight is 320 g/mol. The maximum atomic E-state index is 10.8. The molecule has 1 atom stereocenters. The smallest absolute Gasteiger partial charge is 0.312 e. The molecule has 0 amide bonds. The van der Waals surface area contributed by atoms with Crippen LogP contribution in [0.2, 0.25) is 0 Å². The van der Waals surface area contributed by atoms with Crippen LogP contribution < -0.4 is 5.32 Å². The molecule has 0 saturated carbocycles. The van der Waals surface area contributed by atoms with E-state index in [1.807, 2.05) is 6.26 Å². The van der Waals surface area contributed by atoms with Gasteiger partial charge in [-0.2, -0.15) is 11.8 Å². The molecule has 0 aromatic carbocycles. The van der Waals surface area contributed by atoms with Crippen LogP contribution in [-0.2, 0) is 0 Å². The molecule has 0 aliphatic rings. The Labute approximate surface area is 113 Å². The highest BCUT2D eigenvalue weighted by molar-refractivity contribution is 9.10. The van der Waals surface area contributed by atoms with Crippen molar-refractivity contribution in [2.75, 3.05) is 18.1 Å². The zero-order valence-corrected chi connectivity index (χ0v) is 12.0. The minimum Gasteiger partial charge on any atom is -0.364 e. The summed E-state index contributed by atoms with van der Waals surface area (Å²) in [6, 6.07) is 1.45. The van der Waals surface area contributed by atoms with Crippen molar-refractivity contribution in [3.8, 4) is 0 Å². The summed E-state index contributed by atoms with van der Waals surface area (Å²) in [5.74, 6) is 0.325. The molecule has 0 fully saturated rings. The van der Waals surface area contributed by atoms with Gasteiger partial charge in [-0.15, -0.1) is 0 Å². The number of nitrogens with zero attached hydrogens (tertiary/aromatic N) is 2. The van der Waals surface area contributed by atoms with Crippen LogP contribution in [0.1, 0.15) is 13.3 Å². The highest BCUT2D eigenvalue weighted by atomic mass is 79.9. The first-order valence-electron chi connectivity index (χ1n) is 5.11. The second kappa shape index (κ2) is 6.80. The lowest BCUT2D eigenvalue weighted by atomic mass is 10.3. The molecule has 94 valence electrons. The molecular weight excluding hydrogens is 306 g/mol. The van der Waals surface area contributed by atoms with E-state index >= 15 is 0 Å². The third-order valence-corrected chi connectivity index (χ3v) is 3.75. The van der Waals surface area contributed by atoms with Gasteiger partial charge in [0.1, 0.15) is 0 Å². The Morgan fingerprint density at radius 2 is 2.41 bits per heavy atom. The van der Waals surface area contributed by atoms with Crippen LogP contribution in [0.3, 0.4) is 0 Å². The Bertz CT molecular complexity index is 403. The van der Waals surface area contributed by atoms with Gasteiger partial charge in [-0.25, -0.2) is 4.98 Å². The number of hydrogen-bond acceptors (Lipinski definition) is 5. The summed E-state index contributed by atoms with van der Waals surface area (Å²) in [4.78, 5) is 14.4. The Morgan fingerprint density at radius 3 is 3.00 bits per heavy atom. The van der Waals surface area contributed by atoms with Gasteiger partial charge >= 0.3 is 5.69 Å². The van der Waals surface area contributed by atoms with E-state index in [-0.39, 0.29) is 5.69 Å². The van der Waals surface area contributed by atoms with Crippen molar-refractivity contribution in [2.45, 2.75) is 18.6 Å². The van der Waals surface area contributed by atoms with Gasteiger partial charge in [0, 0.05) is 28.5 Å². The molecule has 1 aromatic heterocycles. The molecule has 1 rings (SSSR count). The normalized spacial score (nSPS) is 12.2. The van der Waals surface area contributed by atoms with Crippen LogP contribution >= 0.6 is 27.7 Å². The average Bonchev–Trinajstić information content (AvgIpc) is 2.30. The van der Waals surface area contributed by atoms with Crippen molar-refractivity contribution in [1.82, 2.24) is 4.98 Å². The maximum absolute atomic E-state index is 10.8. The molecule has 0 bridgehead atoms. The summed E-state index contributed by atoms with van der Waals surface area (Å²) >= 11 is 4.94. The van der Waals surface area contributed by atoms with Crippen LogP contribution in [0.5, 0.6) is 0 Å². The molecular formula is C10H14BrN3O2S. The van der Waals surface area contributed by atoms with Gasteiger partial charge in [0.25, 0.3) is 0 Å². The summed E-state index contributed by atoms with van der Waals surface area (Å²) in [5, 5.41) is 14.4. The number of anilines is 1. The summed E-state index contributed by atoms with van der Waals surface area (Å²) in [5.41, 5.74) is -0.00354. The molecule has 0 aliphatic heterocycles. The lowest BCUT2D eigenvalue weighted by Gasteiger charge is -2.09. The van der Waals surface area contributed by atoms with Crippen molar-refractivity contribution < 1.29 is 4.92 Å². The fraction of sp³-hybridized carbons (Fsp3) is 0.500. The van der Waals surface area contributed by atoms with E-state index in [4.69, 9.17) is 0 Å². The van der Waals surface area contributed by atoms with Gasteiger partial charge < -0.3 is 5.32 Å². The number of aromatic nitrogens is 1. The van der Waals surface area contributed by atoms with E-state index < -0.39 is 4.92 Å². The first kappa shape index (κ1) is 14.2. The number of hydrogen-bond donors (Lipinski definition) is 1. The molecule has 0 aliphatic carbocycles. The first-order chi connectivity index (χ1) is 8.04. The van der Waals surface area contributed by atoms with Gasteiger partial charge in [-0.05, 0) is 28.6 Å². The van der Waals surface area contributed by atoms with Gasteiger partial charge in [0.15, 0.2) is 0 Å². The third-order valence-electron chi connectivity index (χ3n) is 2.28. The predicted molar refractivity (Wildman–Crippen MR) is 74.7 cm³/mol. The number of rotatable bonds is 6. The van der Waals surface area contributed by atoms with Crippen LogP contribution in [0.4, 0.5) is 11.5 Å². The monoisotopic (exact) mass is 319 g/mol. The minimum absolute atomic E-state index is 0.00354. The summed E-state index contributed by atoms with van der Waals surface area (Å²) < 4.78 is 0.604. The number of nitrogens with one attached hydrogen (secondary N) is 1. The van der Waals surface area contributed by atoms with Crippen molar-refractivity contribution in [3.05, 3.63) is 26.9 Å². The largest absolute Gasteiger partial charge is 0.364 e. The Hall–Kier alpha value is -0.820. The molecule has 0 spiro atoms. The Morgan fingerprint density at radius 1 is 1.71 bits per heavy atom. The van der Waals surface area contributed by atoms with Crippen LogP contribution in [0.25, 0.3) is 0 Å². The van der Waals surface area contributed by atoms with Crippen molar-refractivity contribution in [1.29, 1.82) is 0 Å². The third kappa shape index (κ3) is 4.51. The van der Waals surface area contributed by atoms with Gasteiger partial charge in [0.2, 0.25) is 5.82 Å². The first-order valence-corrected chi connectivity index (χ1v) is 7.19. The van der Waals surface area contributed by atoms with E-state index in [2.05, 4.69) is 33.2 Å². The standard InChI is InChI=1S/C10H14BrN3O2S/c1-7(17-2)3-4-12-10-9(14(15)16)5-8(11)6-13-10/h5-7H,3-4H2,1-2H3,(H,12,13). The molecule has 0 saturated heterocycles. The lowest BCUT2D eigenvalue weighted by Crippen LogP contribution is -2.10. The van der Waals surface area contributed by atoms with Crippen molar-refractivity contribution >= 4 is 39.2 Å². The zero-order valence-electron chi connectivity index (χ0n) is 9.64. The fourth-order valence-electron chi connectivity index (χ4n) is 1.22. The van der Waals surface area contributed by atoms with E-state index in [1.165, 1.54) is 6.07 Å². The van der Waals surface area contributed by atoms with Crippen LogP contribution in [0, 0.1) is 10.1 Å². The number of thioether (sulfide) groups is 1. The molecule has 7 heteroatoms. The predicted octanol–water partition coefficient (Wildman–Crippen LogP) is 3.31. The second-order valence-corrected chi connectivity index (χ2v) is 5.73. The Kier molecular flexibility index (Phi) is 5.70. The van der Waals surface area contributed by atoms with Crippen molar-refractivity contribution in [3.63, 3.8) is 0 Å². The number of pyridine rings is 1. The highest BCUT2D eigenvalue weighted by Gasteiger charge is 2.15. The van der Waals surface area contributed by atoms with Gasteiger partial charge in [0.05, 0.1) is 4.92 Å². The van der Waals surface area contributed by atoms with Gasteiger partial charge in [-0.1, -0.05) is 6.92 Å². The van der Waals surface area contributed by atoms with Gasteiger partial charge in [-0.3, -0.25) is 10.1 Å². The lowest BCUT2D eigenvalue weighted by molar-refractivity contribution is -0.384. The molecule has 1 unspecified atom stereocenters. The summed E-state index contributed by atoms with van der Waals surface area (Å²) in [6.45, 7) is 2.80. The van der Waals surface area contributed by atoms with E-state index in [0.717, 1.165) is 6.42 Å². The molecule has 1 N–H and O–H groups in total. The van der Waals surface area contributed by atoms with Crippen molar-refractivity contribution in [2.24, 2.45) is 0 Å². The topological polar surface area (TPSA) is 68.1 Å². The highest BCUT2D eigenvalue weighted by Crippen LogP contribution is 2.25. The molecule has 5 nitrogen and oxygen atoms in total. The molecule has 1 aromatic rings. The number of halogens is 1. The minimum atomic E-state index is -0.432. The van der Waals surface area contributed by atoms with E-state index in [1.54, 1.807) is 18.0 Å². The zero-order chi connectivity index (χ0) is 12.8. The summed E-state index contributed by atoms with van der Waals surface area (Å²) in [6.07, 6.45) is 4.54. The van der Waals surface area contributed by atoms with E-state index in [0.29, 0.717) is 22.1 Å². The second-order valence-electron chi connectivity index (χ2n) is 3.54. The van der Waals surface area contributed by atoms with Crippen LogP contribution in [-0.4, -0.2) is 28.0 Å². The SMILES string of the molecule is CSC(C)CCNc1ncc(Br)cc1[N+](=O)[O-]. The van der Waals surface area contributed by atoms with Crippen LogP contribution in [0.15, 0.2) is 16.7 Å².